The molecule has 0 aliphatic carbocycles. The van der Waals surface area contributed by atoms with E-state index in [-0.39, 0.29) is 30.9 Å². The molecule has 6 rings (SSSR count). The van der Waals surface area contributed by atoms with E-state index in [2.05, 4.69) is 0 Å². The lowest BCUT2D eigenvalue weighted by Crippen LogP contribution is -2.57. The van der Waals surface area contributed by atoms with Crippen LogP contribution in [0.3, 0.4) is 0 Å². The van der Waals surface area contributed by atoms with E-state index >= 15 is 0 Å². The number of carbonyl (C=O) groups excluding carboxylic acids is 3. The van der Waals surface area contributed by atoms with Gasteiger partial charge in [0, 0.05) is 23.5 Å². The van der Waals surface area contributed by atoms with Crippen molar-refractivity contribution in [2.24, 2.45) is 11.8 Å². The van der Waals surface area contributed by atoms with Gasteiger partial charge in [0.1, 0.15) is 6.04 Å². The standard InChI is InChI=1S/C32H34ClN3O4S/c1-4-21(19-37)36-27-30(40)35(26-20(2)11-8-14-23(26)33)18-10-16-32(27)25(29(36)39)24-28(38)34(22-12-6-5-7-13-22)17-9-15-31(24,3)41-32/h5-16,21,24-25,27,37H,4,17-19H2,1-3H3/t21-,24-,25-,27?,31+,32-/m0/s1. The molecule has 1 spiro atoms. The zero-order chi connectivity index (χ0) is 29.1. The molecule has 7 nitrogen and oxygen atoms in total. The predicted octanol–water partition coefficient (Wildman–Crippen LogP) is 4.61. The molecular formula is C32H34ClN3O4S. The van der Waals surface area contributed by atoms with Gasteiger partial charge in [-0.05, 0) is 44.0 Å². The van der Waals surface area contributed by atoms with Gasteiger partial charge in [-0.15, -0.1) is 11.8 Å². The van der Waals surface area contributed by atoms with Crippen LogP contribution in [0.4, 0.5) is 11.4 Å². The lowest BCUT2D eigenvalue weighted by Gasteiger charge is -2.39. The fourth-order valence-electron chi connectivity index (χ4n) is 7.27. The highest BCUT2D eigenvalue weighted by atomic mass is 35.5. The van der Waals surface area contributed by atoms with Crippen molar-refractivity contribution in [1.29, 1.82) is 0 Å². The quantitative estimate of drug-likeness (QED) is 0.514. The summed E-state index contributed by atoms with van der Waals surface area (Å²) >= 11 is 8.18. The van der Waals surface area contributed by atoms with Crippen molar-refractivity contribution in [3.8, 4) is 0 Å². The van der Waals surface area contributed by atoms with Gasteiger partial charge in [-0.1, -0.05) is 73.2 Å². The van der Waals surface area contributed by atoms with E-state index in [1.54, 1.807) is 20.8 Å². The number of benzene rings is 2. The number of rotatable bonds is 5. The molecule has 41 heavy (non-hydrogen) atoms. The first-order chi connectivity index (χ1) is 19.7. The number of amides is 3. The van der Waals surface area contributed by atoms with Crippen LogP contribution in [0.15, 0.2) is 72.8 Å². The fourth-order valence-corrected chi connectivity index (χ4v) is 9.74. The molecule has 2 aromatic rings. The molecule has 2 aromatic carbocycles. The van der Waals surface area contributed by atoms with E-state index in [9.17, 15) is 19.5 Å². The summed E-state index contributed by atoms with van der Waals surface area (Å²) in [6.45, 7) is 6.23. The van der Waals surface area contributed by atoms with Crippen molar-refractivity contribution in [2.45, 2.75) is 48.8 Å². The first-order valence-electron chi connectivity index (χ1n) is 14.1. The Balaban J connectivity index is 1.52. The monoisotopic (exact) mass is 591 g/mol. The van der Waals surface area contributed by atoms with E-state index in [1.807, 2.05) is 87.5 Å². The van der Waals surface area contributed by atoms with Crippen molar-refractivity contribution in [3.05, 3.63) is 83.4 Å². The molecule has 0 bridgehead atoms. The highest BCUT2D eigenvalue weighted by Crippen LogP contribution is 2.66. The third-order valence-corrected chi connectivity index (χ3v) is 11.2. The molecule has 0 saturated carbocycles. The van der Waals surface area contributed by atoms with Crippen LogP contribution in [0, 0.1) is 18.8 Å². The first kappa shape index (κ1) is 28.1. The van der Waals surface area contributed by atoms with Gasteiger partial charge in [-0.25, -0.2) is 0 Å². The van der Waals surface area contributed by atoms with Crippen molar-refractivity contribution < 1.29 is 19.5 Å². The number of para-hydroxylation sites is 2. The second kappa shape index (κ2) is 10.3. The van der Waals surface area contributed by atoms with Crippen molar-refractivity contribution in [1.82, 2.24) is 4.90 Å². The Morgan fingerprint density at radius 2 is 1.66 bits per heavy atom. The number of nitrogens with zero attached hydrogens (tertiary/aromatic N) is 3. The van der Waals surface area contributed by atoms with Crippen LogP contribution >= 0.6 is 23.4 Å². The average Bonchev–Trinajstić information content (AvgIpc) is 3.23. The minimum atomic E-state index is -1.00. The van der Waals surface area contributed by atoms with Crippen LogP contribution in [-0.2, 0) is 14.4 Å². The van der Waals surface area contributed by atoms with E-state index in [0.717, 1.165) is 11.3 Å². The zero-order valence-electron chi connectivity index (χ0n) is 23.4. The molecule has 2 saturated heterocycles. The number of aryl methyl sites for hydroxylation is 1. The van der Waals surface area contributed by atoms with Gasteiger partial charge in [0.25, 0.3) is 5.91 Å². The normalized spacial score (nSPS) is 31.6. The third kappa shape index (κ3) is 4.09. The Labute approximate surface area is 249 Å². The van der Waals surface area contributed by atoms with Gasteiger partial charge in [-0.3, -0.25) is 14.4 Å². The minimum absolute atomic E-state index is 0.132. The fraction of sp³-hybridized carbons (Fsp3) is 0.406. The molecule has 0 radical (unpaired) electrons. The molecule has 1 N–H and O–H groups in total. The van der Waals surface area contributed by atoms with Crippen LogP contribution in [-0.4, -0.2) is 69.0 Å². The zero-order valence-corrected chi connectivity index (χ0v) is 24.9. The van der Waals surface area contributed by atoms with Crippen LogP contribution < -0.4 is 9.80 Å². The summed E-state index contributed by atoms with van der Waals surface area (Å²) < 4.78 is -1.72. The summed E-state index contributed by atoms with van der Waals surface area (Å²) in [5.74, 6) is -2.12. The smallest absolute Gasteiger partial charge is 0.251 e. The summed E-state index contributed by atoms with van der Waals surface area (Å²) in [4.78, 5) is 48.8. The van der Waals surface area contributed by atoms with Gasteiger partial charge in [0.2, 0.25) is 11.8 Å². The van der Waals surface area contributed by atoms with Crippen molar-refractivity contribution in [3.63, 3.8) is 0 Å². The van der Waals surface area contributed by atoms with E-state index in [1.165, 1.54) is 11.8 Å². The summed E-state index contributed by atoms with van der Waals surface area (Å²) in [5.41, 5.74) is 2.24. The number of halogens is 1. The summed E-state index contributed by atoms with van der Waals surface area (Å²) in [5, 5.41) is 10.9. The molecule has 4 heterocycles. The number of thioether (sulfide) groups is 1. The number of aliphatic hydroxyl groups excluding tert-OH is 1. The van der Waals surface area contributed by atoms with Crippen LogP contribution in [0.1, 0.15) is 25.8 Å². The van der Waals surface area contributed by atoms with Crippen molar-refractivity contribution >= 4 is 52.5 Å². The molecule has 1 unspecified atom stereocenters. The van der Waals surface area contributed by atoms with E-state index < -0.39 is 33.4 Å². The topological polar surface area (TPSA) is 81.2 Å². The van der Waals surface area contributed by atoms with Gasteiger partial charge in [-0.2, -0.15) is 0 Å². The minimum Gasteiger partial charge on any atom is -0.394 e. The molecule has 2 fully saturated rings. The summed E-state index contributed by atoms with van der Waals surface area (Å²) in [7, 11) is 0. The number of aliphatic hydroxyl groups is 1. The van der Waals surface area contributed by atoms with Crippen LogP contribution in [0.5, 0.6) is 0 Å². The maximum atomic E-state index is 14.7. The highest BCUT2D eigenvalue weighted by molar-refractivity contribution is 8.02. The van der Waals surface area contributed by atoms with E-state index in [4.69, 9.17) is 11.6 Å². The summed E-state index contributed by atoms with van der Waals surface area (Å²) in [6.07, 6.45) is 8.45. The molecule has 214 valence electrons. The Bertz CT molecular complexity index is 1440. The number of hydrogen-bond acceptors (Lipinski definition) is 5. The molecular weight excluding hydrogens is 558 g/mol. The molecule has 4 aliphatic rings. The Morgan fingerprint density at radius 1 is 0.951 bits per heavy atom. The second-order valence-electron chi connectivity index (χ2n) is 11.4. The van der Waals surface area contributed by atoms with Crippen LogP contribution in [0.25, 0.3) is 0 Å². The number of fused-ring (bicyclic) bond motifs is 2. The average molecular weight is 592 g/mol. The summed E-state index contributed by atoms with van der Waals surface area (Å²) in [6, 6.07) is 13.5. The molecule has 0 aromatic heterocycles. The third-order valence-electron chi connectivity index (χ3n) is 9.10. The number of anilines is 2. The van der Waals surface area contributed by atoms with Crippen molar-refractivity contribution in [2.75, 3.05) is 29.5 Å². The lowest BCUT2D eigenvalue weighted by molar-refractivity contribution is -0.142. The van der Waals surface area contributed by atoms with Gasteiger partial charge in [0.05, 0.1) is 39.9 Å². The molecule has 3 amide bonds. The number of hydrogen-bond donors (Lipinski definition) is 1. The molecule has 6 atom stereocenters. The first-order valence-corrected chi connectivity index (χ1v) is 15.3. The number of likely N-dealkylation sites (tertiary alicyclic amines) is 1. The van der Waals surface area contributed by atoms with Crippen LogP contribution in [0.2, 0.25) is 5.02 Å². The highest BCUT2D eigenvalue weighted by Gasteiger charge is 2.74. The molecule has 9 heteroatoms. The second-order valence-corrected chi connectivity index (χ2v) is 13.6. The van der Waals surface area contributed by atoms with Gasteiger partial charge in [0.15, 0.2) is 0 Å². The molecule has 4 aliphatic heterocycles. The maximum Gasteiger partial charge on any atom is 0.251 e. The maximum absolute atomic E-state index is 14.7. The van der Waals surface area contributed by atoms with Gasteiger partial charge >= 0.3 is 0 Å². The lowest BCUT2D eigenvalue weighted by atomic mass is 9.74. The predicted molar refractivity (Wildman–Crippen MR) is 163 cm³/mol. The Hall–Kier alpha value is -3.07. The largest absolute Gasteiger partial charge is 0.394 e. The Kier molecular flexibility index (Phi) is 7.07. The van der Waals surface area contributed by atoms with Gasteiger partial charge < -0.3 is 19.8 Å². The number of carbonyl (C=O) groups is 3. The Morgan fingerprint density at radius 3 is 2.34 bits per heavy atom. The SMILES string of the molecule is CC[C@@H](CO)N1C(=O)[C@@H]2[C@H]3C(=O)N(c4ccccc4)CC=C[C@@]3(C)S[C@@]23C=CCN(c2c(C)cccc2Cl)C(=O)C13. The van der Waals surface area contributed by atoms with E-state index in [0.29, 0.717) is 23.7 Å².